The molecule has 5 aromatic rings. The maximum atomic E-state index is 7.54. The quantitative estimate of drug-likeness (QED) is 0.145. The molecule has 4 aromatic carbocycles. The minimum atomic E-state index is -0.392. The largest absolute Gasteiger partial charge is 0.311 e. The molecule has 1 aliphatic heterocycles. The number of hydrogen-bond donors (Lipinski definition) is 0. The second kappa shape index (κ2) is 7.32. The molecule has 6 rings (SSSR count). The molecule has 3 heteroatoms. The number of rotatable bonds is 2. The van der Waals surface area contributed by atoms with E-state index in [-0.39, 0.29) is 0 Å². The normalized spacial score (nSPS) is 12.8. The van der Waals surface area contributed by atoms with E-state index in [1.165, 1.54) is 70.1 Å². The fraction of sp³-hybridized carbons (Fsp3) is 0.226. The number of benzene rings is 4. The lowest BCUT2D eigenvalue weighted by Gasteiger charge is -2.24. The van der Waals surface area contributed by atoms with Crippen molar-refractivity contribution in [2.24, 2.45) is 7.05 Å². The Morgan fingerprint density at radius 3 is 2.38 bits per heavy atom. The summed E-state index contributed by atoms with van der Waals surface area (Å²) in [5.74, 6) is 0. The third-order valence-corrected chi connectivity index (χ3v) is 8.59. The maximum Gasteiger partial charge on any atom is 0.231 e. The van der Waals surface area contributed by atoms with Gasteiger partial charge in [-0.3, -0.25) is 0 Å². The monoisotopic (exact) mass is 459 g/mol. The number of fused-ring (bicyclic) bond motifs is 5. The van der Waals surface area contributed by atoms with Crippen LogP contribution in [-0.4, -0.2) is 5.54 Å². The molecule has 2 nitrogen and oxygen atoms in total. The Bertz CT molecular complexity index is 1720. The van der Waals surface area contributed by atoms with Crippen LogP contribution in [0.1, 0.15) is 30.5 Å². The summed E-state index contributed by atoms with van der Waals surface area (Å²) in [6, 6.07) is 20.2. The van der Waals surface area contributed by atoms with E-state index >= 15 is 0 Å². The van der Waals surface area contributed by atoms with Gasteiger partial charge >= 0.3 is 0 Å². The summed E-state index contributed by atoms with van der Waals surface area (Å²) in [5.41, 5.74) is 6.22. The molecule has 2 heterocycles. The Morgan fingerprint density at radius 2 is 1.65 bits per heavy atom. The van der Waals surface area contributed by atoms with Crippen LogP contribution in [0.3, 0.4) is 0 Å². The van der Waals surface area contributed by atoms with Crippen molar-refractivity contribution in [3.63, 3.8) is 0 Å². The van der Waals surface area contributed by atoms with Crippen molar-refractivity contribution < 1.29 is 4.57 Å². The first kappa shape index (κ1) is 21.2. The van der Waals surface area contributed by atoms with Gasteiger partial charge in [0.1, 0.15) is 7.05 Å². The Morgan fingerprint density at radius 1 is 0.912 bits per heavy atom. The number of hydrogen-bond acceptors (Lipinski definition) is 1. The van der Waals surface area contributed by atoms with Crippen molar-refractivity contribution in [3.05, 3.63) is 88.9 Å². The van der Waals surface area contributed by atoms with E-state index in [4.69, 9.17) is 6.57 Å². The van der Waals surface area contributed by atoms with Gasteiger partial charge in [-0.1, -0.05) is 54.2 Å². The van der Waals surface area contributed by atoms with Gasteiger partial charge < -0.3 is 4.85 Å². The fourth-order valence-corrected chi connectivity index (χ4v) is 6.93. The van der Waals surface area contributed by atoms with Gasteiger partial charge in [0.25, 0.3) is 0 Å². The first-order valence-corrected chi connectivity index (χ1v) is 12.6. The van der Waals surface area contributed by atoms with Crippen LogP contribution in [0.4, 0.5) is 0 Å². The van der Waals surface area contributed by atoms with Crippen LogP contribution in [-0.2, 0) is 13.5 Å². The molecule has 0 aliphatic carbocycles. The van der Waals surface area contributed by atoms with Gasteiger partial charge in [0.15, 0.2) is 6.20 Å². The summed E-state index contributed by atoms with van der Waals surface area (Å²) in [7, 11) is 2.17. The summed E-state index contributed by atoms with van der Waals surface area (Å²) < 4.78 is 2.30. The molecule has 0 unspecified atom stereocenters. The second-order valence-electron chi connectivity index (χ2n) is 10.2. The van der Waals surface area contributed by atoms with Gasteiger partial charge in [-0.25, -0.2) is 11.1 Å². The SMILES string of the molecule is [C-]#[N+]C(C)(C)Cc1ccc2cc3c4c([n+](C)ccc4c2c1)-c1c(c(C)c2ccccc2c1C)S3. The molecule has 0 bridgehead atoms. The molecule has 0 amide bonds. The Hall–Kier alpha value is -3.35. The standard InChI is InChI=1S/C31H27N2S/c1-18-22-9-7-8-10-23(22)19(2)30-27(18)29-28-24(13-14-33(29)6)25-15-20(17-31(3,4)32-5)11-12-21(25)16-26(28)34-30/h7-16H,17H2,1-4,6H3/q+1. The highest BCUT2D eigenvalue weighted by Gasteiger charge is 2.31. The molecule has 166 valence electrons. The Balaban J connectivity index is 1.71. The molecule has 1 aliphatic rings. The molecule has 0 radical (unpaired) electrons. The van der Waals surface area contributed by atoms with E-state index in [2.05, 4.69) is 91.1 Å². The van der Waals surface area contributed by atoms with Crippen molar-refractivity contribution in [1.29, 1.82) is 0 Å². The lowest BCUT2D eigenvalue weighted by atomic mass is 9.89. The predicted octanol–water partition coefficient (Wildman–Crippen LogP) is 7.96. The van der Waals surface area contributed by atoms with Crippen LogP contribution in [0.2, 0.25) is 0 Å². The highest BCUT2D eigenvalue weighted by Crippen LogP contribution is 2.52. The zero-order chi connectivity index (χ0) is 23.8. The van der Waals surface area contributed by atoms with Gasteiger partial charge in [-0.15, -0.1) is 0 Å². The number of aryl methyl sites for hydroxylation is 3. The Labute approximate surface area is 205 Å². The van der Waals surface area contributed by atoms with E-state index in [1.807, 2.05) is 25.6 Å². The van der Waals surface area contributed by atoms with Crippen molar-refractivity contribution >= 4 is 44.1 Å². The molecule has 34 heavy (non-hydrogen) atoms. The number of pyridine rings is 1. The smallest absolute Gasteiger partial charge is 0.231 e. The van der Waals surface area contributed by atoms with E-state index in [9.17, 15) is 0 Å². The molecule has 0 saturated carbocycles. The predicted molar refractivity (Wildman–Crippen MR) is 144 cm³/mol. The topological polar surface area (TPSA) is 8.24 Å². The average Bonchev–Trinajstić information content (AvgIpc) is 2.83. The number of aromatic nitrogens is 1. The molecule has 0 saturated heterocycles. The number of nitrogens with zero attached hydrogens (tertiary/aromatic N) is 2. The molecule has 0 N–H and O–H groups in total. The summed E-state index contributed by atoms with van der Waals surface area (Å²) in [5, 5.41) is 7.86. The molecular weight excluding hydrogens is 432 g/mol. The lowest BCUT2D eigenvalue weighted by molar-refractivity contribution is -0.659. The minimum Gasteiger partial charge on any atom is -0.311 e. The highest BCUT2D eigenvalue weighted by molar-refractivity contribution is 8.00. The maximum absolute atomic E-state index is 7.54. The Kier molecular flexibility index (Phi) is 4.57. The summed E-state index contributed by atoms with van der Waals surface area (Å²) >= 11 is 1.92. The van der Waals surface area contributed by atoms with Crippen molar-refractivity contribution in [1.82, 2.24) is 0 Å². The van der Waals surface area contributed by atoms with Crippen LogP contribution in [0.15, 0.2) is 70.6 Å². The van der Waals surface area contributed by atoms with E-state index in [0.29, 0.717) is 0 Å². The highest BCUT2D eigenvalue weighted by atomic mass is 32.2. The van der Waals surface area contributed by atoms with Crippen LogP contribution < -0.4 is 4.57 Å². The molecule has 0 fully saturated rings. The van der Waals surface area contributed by atoms with Crippen molar-refractivity contribution in [2.45, 2.75) is 49.4 Å². The third kappa shape index (κ3) is 2.99. The summed E-state index contributed by atoms with van der Waals surface area (Å²) in [6.07, 6.45) is 2.96. The van der Waals surface area contributed by atoms with Crippen molar-refractivity contribution in [3.8, 4) is 11.3 Å². The second-order valence-corrected chi connectivity index (χ2v) is 11.2. The lowest BCUT2D eigenvalue weighted by Crippen LogP contribution is -2.32. The van der Waals surface area contributed by atoms with Gasteiger partial charge in [-0.05, 0) is 58.1 Å². The molecule has 0 spiro atoms. The average molecular weight is 460 g/mol. The van der Waals surface area contributed by atoms with Gasteiger partial charge in [0.2, 0.25) is 11.2 Å². The fourth-order valence-electron chi connectivity index (χ4n) is 5.60. The first-order valence-electron chi connectivity index (χ1n) is 11.8. The molecular formula is C31H27N2S+. The minimum absolute atomic E-state index is 0.392. The van der Waals surface area contributed by atoms with E-state index in [0.717, 1.165) is 6.42 Å². The van der Waals surface area contributed by atoms with Crippen LogP contribution in [0, 0.1) is 20.4 Å². The van der Waals surface area contributed by atoms with Crippen molar-refractivity contribution in [2.75, 3.05) is 0 Å². The van der Waals surface area contributed by atoms with Gasteiger partial charge in [0, 0.05) is 35.1 Å². The summed E-state index contributed by atoms with van der Waals surface area (Å²) in [6.45, 7) is 16.1. The summed E-state index contributed by atoms with van der Waals surface area (Å²) in [4.78, 5) is 6.53. The van der Waals surface area contributed by atoms with E-state index in [1.54, 1.807) is 0 Å². The third-order valence-electron chi connectivity index (χ3n) is 7.33. The van der Waals surface area contributed by atoms with Gasteiger partial charge in [0.05, 0.1) is 17.4 Å². The van der Waals surface area contributed by atoms with Gasteiger partial charge in [-0.2, -0.15) is 0 Å². The molecule has 0 atom stereocenters. The van der Waals surface area contributed by atoms with Crippen LogP contribution >= 0.6 is 11.8 Å². The van der Waals surface area contributed by atoms with E-state index < -0.39 is 5.54 Å². The molecule has 1 aromatic heterocycles. The zero-order valence-electron chi connectivity index (χ0n) is 20.3. The van der Waals surface area contributed by atoms with Crippen LogP contribution in [0.5, 0.6) is 0 Å². The zero-order valence-corrected chi connectivity index (χ0v) is 21.1. The first-order chi connectivity index (χ1) is 16.3. The van der Waals surface area contributed by atoms with Crippen LogP contribution in [0.25, 0.3) is 48.4 Å².